The normalized spacial score (nSPS) is 14.2. The van der Waals surface area contributed by atoms with Crippen molar-refractivity contribution in [3.05, 3.63) is 88.3 Å². The van der Waals surface area contributed by atoms with E-state index in [1.807, 2.05) is 24.3 Å². The summed E-state index contributed by atoms with van der Waals surface area (Å²) >= 11 is 1.79. The van der Waals surface area contributed by atoms with Crippen LogP contribution < -0.4 is 10.1 Å². The van der Waals surface area contributed by atoms with Crippen LogP contribution in [0.4, 0.5) is 0 Å². The van der Waals surface area contributed by atoms with E-state index in [9.17, 15) is 9.90 Å². The van der Waals surface area contributed by atoms with Crippen molar-refractivity contribution < 1.29 is 14.6 Å². The molecule has 4 aromatic rings. The van der Waals surface area contributed by atoms with E-state index >= 15 is 0 Å². The first-order valence-corrected chi connectivity index (χ1v) is 14.6. The van der Waals surface area contributed by atoms with Crippen LogP contribution in [0.3, 0.4) is 0 Å². The molecular weight excluding hydrogens is 535 g/mol. The number of carboxylic acid groups (broad SMARTS) is 1. The maximum Gasteiger partial charge on any atom is 0.304 e. The van der Waals surface area contributed by atoms with Crippen molar-refractivity contribution in [1.29, 1.82) is 0 Å². The predicted octanol–water partition coefficient (Wildman–Crippen LogP) is 7.69. The fraction of sp³-hybridized carbons (Fsp3) is 0.324. The first kappa shape index (κ1) is 29.7. The van der Waals surface area contributed by atoms with Crippen molar-refractivity contribution in [2.75, 3.05) is 13.1 Å². The van der Waals surface area contributed by atoms with Crippen LogP contribution in [0, 0.1) is 24.7 Å². The van der Waals surface area contributed by atoms with Gasteiger partial charge in [-0.1, -0.05) is 42.3 Å². The van der Waals surface area contributed by atoms with Gasteiger partial charge in [0.1, 0.15) is 12.4 Å². The molecular formula is C34H37NO3S2. The Morgan fingerprint density at radius 3 is 2.50 bits per heavy atom. The lowest BCUT2D eigenvalue weighted by Gasteiger charge is -2.23. The van der Waals surface area contributed by atoms with Crippen LogP contribution in [0.15, 0.2) is 66.0 Å². The van der Waals surface area contributed by atoms with Crippen molar-refractivity contribution >= 4 is 40.9 Å². The third kappa shape index (κ3) is 7.28. The number of carboxylic acids is 1. The number of hydrogen-bond acceptors (Lipinski definition) is 4. The Labute approximate surface area is 248 Å². The molecule has 0 saturated carbocycles. The van der Waals surface area contributed by atoms with Gasteiger partial charge in [-0.25, -0.2) is 0 Å². The van der Waals surface area contributed by atoms with Gasteiger partial charge in [0.2, 0.25) is 0 Å². The molecule has 0 spiro atoms. The maximum atomic E-state index is 11.2. The third-order valence-corrected chi connectivity index (χ3v) is 8.55. The Morgan fingerprint density at radius 2 is 1.80 bits per heavy atom. The lowest BCUT2D eigenvalue weighted by Crippen LogP contribution is -2.28. The highest BCUT2D eigenvalue weighted by Gasteiger charge is 2.16. The molecule has 2 heterocycles. The molecule has 2 N–H and O–H groups in total. The van der Waals surface area contributed by atoms with Gasteiger partial charge in [-0.3, -0.25) is 4.79 Å². The first-order chi connectivity index (χ1) is 19.0. The molecule has 1 saturated heterocycles. The summed E-state index contributed by atoms with van der Waals surface area (Å²) in [7, 11) is 0. The average molecular weight is 572 g/mol. The molecule has 4 nitrogen and oxygen atoms in total. The van der Waals surface area contributed by atoms with Crippen molar-refractivity contribution in [3.63, 3.8) is 0 Å². The summed E-state index contributed by atoms with van der Waals surface area (Å²) in [6.07, 6.45) is 3.69. The van der Waals surface area contributed by atoms with E-state index in [1.54, 1.807) is 18.3 Å². The quantitative estimate of drug-likeness (QED) is 0.202. The number of aryl methyl sites for hydroxylation is 1. The summed E-state index contributed by atoms with van der Waals surface area (Å²) < 4.78 is 7.37. The number of carbonyl (C=O) groups is 1. The van der Waals surface area contributed by atoms with E-state index in [4.69, 9.17) is 4.74 Å². The Kier molecular flexibility index (Phi) is 10.3. The lowest BCUT2D eigenvalue weighted by molar-refractivity contribution is -0.137. The molecule has 0 radical (unpaired) electrons. The topological polar surface area (TPSA) is 58.6 Å². The van der Waals surface area contributed by atoms with E-state index in [-0.39, 0.29) is 25.8 Å². The Balaban J connectivity index is 0.00000370. The minimum atomic E-state index is -0.852. The molecule has 1 atom stereocenters. The monoisotopic (exact) mass is 571 g/mol. The zero-order valence-corrected chi connectivity index (χ0v) is 24.9. The number of aliphatic carboxylic acids is 1. The van der Waals surface area contributed by atoms with Crippen LogP contribution in [0.2, 0.25) is 0 Å². The second-order valence-electron chi connectivity index (χ2n) is 10.4. The van der Waals surface area contributed by atoms with Crippen molar-refractivity contribution in [1.82, 2.24) is 5.32 Å². The van der Waals surface area contributed by atoms with Gasteiger partial charge >= 0.3 is 5.97 Å². The molecule has 5 rings (SSSR count). The van der Waals surface area contributed by atoms with Crippen LogP contribution in [-0.4, -0.2) is 24.2 Å². The number of ether oxygens (including phenoxy) is 1. The number of fused-ring (bicyclic) bond motifs is 1. The number of nitrogens with one attached hydrogen (secondary N) is 1. The molecule has 40 heavy (non-hydrogen) atoms. The maximum absolute atomic E-state index is 11.2. The van der Waals surface area contributed by atoms with Gasteiger partial charge in [0, 0.05) is 15.6 Å². The number of thiophene rings is 1. The van der Waals surface area contributed by atoms with Gasteiger partial charge in [0.25, 0.3) is 0 Å². The van der Waals surface area contributed by atoms with Crippen molar-refractivity contribution in [3.8, 4) is 28.7 Å². The molecule has 1 fully saturated rings. The molecule has 1 aliphatic rings. The number of benzene rings is 3. The fourth-order valence-corrected chi connectivity index (χ4v) is 6.45. The summed E-state index contributed by atoms with van der Waals surface area (Å²) in [6.45, 7) is 6.71. The van der Waals surface area contributed by atoms with Crippen molar-refractivity contribution in [2.24, 2.45) is 5.92 Å². The van der Waals surface area contributed by atoms with Gasteiger partial charge in [-0.15, -0.1) is 17.3 Å². The summed E-state index contributed by atoms with van der Waals surface area (Å²) in [6, 6.07) is 21.2. The van der Waals surface area contributed by atoms with Crippen LogP contribution in [0.5, 0.6) is 5.75 Å². The smallest absolute Gasteiger partial charge is 0.304 e. The summed E-state index contributed by atoms with van der Waals surface area (Å²) in [5, 5.41) is 16.2. The molecule has 6 heteroatoms. The lowest BCUT2D eigenvalue weighted by atomic mass is 9.89. The van der Waals surface area contributed by atoms with Crippen LogP contribution in [0.25, 0.3) is 21.2 Å². The number of rotatable bonds is 9. The molecule has 0 bridgehead atoms. The van der Waals surface area contributed by atoms with Gasteiger partial charge in [0.15, 0.2) is 0 Å². The number of piperidine rings is 1. The van der Waals surface area contributed by atoms with E-state index in [1.165, 1.54) is 51.6 Å². The largest absolute Gasteiger partial charge is 0.489 e. The molecule has 3 aromatic carbocycles. The summed E-state index contributed by atoms with van der Waals surface area (Å²) in [4.78, 5) is 11.2. The van der Waals surface area contributed by atoms with Gasteiger partial charge in [0.05, 0.1) is 12.3 Å². The Morgan fingerprint density at radius 1 is 1.05 bits per heavy atom. The highest BCUT2D eigenvalue weighted by molar-refractivity contribution is 7.59. The van der Waals surface area contributed by atoms with Crippen LogP contribution in [0.1, 0.15) is 54.4 Å². The SMILES string of the molecule is CC#C[C@@H](CC(=O)O)c1ccc(OCc2ccc3scc(-c4ccc(CC5CCNCC5)cc4C)c3c2)cc1.S. The van der Waals surface area contributed by atoms with Gasteiger partial charge < -0.3 is 15.2 Å². The van der Waals surface area contributed by atoms with Gasteiger partial charge in [-0.2, -0.15) is 13.5 Å². The average Bonchev–Trinajstić information content (AvgIpc) is 3.35. The van der Waals surface area contributed by atoms with Gasteiger partial charge in [-0.05, 0) is 110 Å². The second-order valence-corrected chi connectivity index (χ2v) is 11.3. The predicted molar refractivity (Wildman–Crippen MR) is 171 cm³/mol. The third-order valence-electron chi connectivity index (χ3n) is 7.59. The zero-order valence-electron chi connectivity index (χ0n) is 23.1. The molecule has 1 aliphatic heterocycles. The van der Waals surface area contributed by atoms with Crippen molar-refractivity contribution in [2.45, 2.75) is 52.1 Å². The highest BCUT2D eigenvalue weighted by atomic mass is 32.1. The Hall–Kier alpha value is -3.24. The molecule has 0 amide bonds. The van der Waals surface area contributed by atoms with E-state index < -0.39 is 5.97 Å². The van der Waals surface area contributed by atoms with E-state index in [0.29, 0.717) is 6.61 Å². The zero-order chi connectivity index (χ0) is 27.2. The minimum Gasteiger partial charge on any atom is -0.489 e. The van der Waals surface area contributed by atoms with E-state index in [0.717, 1.165) is 35.9 Å². The second kappa shape index (κ2) is 13.9. The molecule has 1 aromatic heterocycles. The molecule has 0 unspecified atom stereocenters. The van der Waals surface area contributed by atoms with E-state index in [2.05, 4.69) is 65.9 Å². The molecule has 0 aliphatic carbocycles. The van der Waals surface area contributed by atoms with Crippen LogP contribution in [-0.2, 0) is 17.8 Å². The standard InChI is InChI=1S/C34H35NO3S.H2S/c1-3-4-28(20-34(36)37)27-7-9-29(10-8-27)38-21-26-6-12-33-31(19-26)32(22-39-33)30-11-5-25(17-23(30)2)18-24-13-15-35-16-14-24;/h5-12,17,19,22,24,28,35H,13-16,18,20-21H2,1-2H3,(H,36,37);1H2/t28-;/m0./s1. The Bertz CT molecular complexity index is 1510. The highest BCUT2D eigenvalue weighted by Crippen LogP contribution is 2.37. The summed E-state index contributed by atoms with van der Waals surface area (Å²) in [5.41, 5.74) is 7.37. The number of hydrogen-bond donors (Lipinski definition) is 2. The van der Waals surface area contributed by atoms with Crippen LogP contribution >= 0.6 is 24.8 Å². The first-order valence-electron chi connectivity index (χ1n) is 13.7. The summed E-state index contributed by atoms with van der Waals surface area (Å²) in [5.74, 6) is 6.20. The minimum absolute atomic E-state index is 0. The molecule has 208 valence electrons. The fourth-order valence-electron chi connectivity index (χ4n) is 5.51.